The minimum absolute atomic E-state index is 0.0172. The lowest BCUT2D eigenvalue weighted by Gasteiger charge is -2.37. The molecule has 4 rings (SSSR count). The second-order valence-corrected chi connectivity index (χ2v) is 8.65. The lowest BCUT2D eigenvalue weighted by Crippen LogP contribution is -2.47. The summed E-state index contributed by atoms with van der Waals surface area (Å²) in [5.41, 5.74) is 1.94. The van der Waals surface area contributed by atoms with Crippen molar-refractivity contribution in [2.75, 3.05) is 19.6 Å². The molecule has 1 aromatic carbocycles. The lowest BCUT2D eigenvalue weighted by atomic mass is 9.93. The number of furan rings is 1. The molecule has 0 aliphatic carbocycles. The molecule has 1 unspecified atom stereocenters. The highest BCUT2D eigenvalue weighted by Gasteiger charge is 2.34. The van der Waals surface area contributed by atoms with Crippen LogP contribution in [0, 0.1) is 5.82 Å². The Balaban J connectivity index is 1.60. The number of rotatable bonds is 7. The van der Waals surface area contributed by atoms with Gasteiger partial charge in [0.25, 0.3) is 5.91 Å². The van der Waals surface area contributed by atoms with E-state index in [9.17, 15) is 14.0 Å². The number of hydrogen-bond donors (Lipinski definition) is 0. The number of fused-ring (bicyclic) bond motifs is 1. The Hall–Kier alpha value is -2.93. The van der Waals surface area contributed by atoms with Gasteiger partial charge >= 0.3 is 0 Å². The number of benzene rings is 1. The Morgan fingerprint density at radius 2 is 2.03 bits per heavy atom. The fourth-order valence-electron chi connectivity index (χ4n) is 4.00. The number of carbonyl (C=O) groups is 2. The van der Waals surface area contributed by atoms with Gasteiger partial charge in [0, 0.05) is 18.0 Å². The van der Waals surface area contributed by atoms with Gasteiger partial charge in [-0.15, -0.1) is 11.3 Å². The second kappa shape index (κ2) is 9.47. The largest absolute Gasteiger partial charge is 0.459 e. The highest BCUT2D eigenvalue weighted by Crippen LogP contribution is 2.38. The van der Waals surface area contributed by atoms with Gasteiger partial charge in [-0.05, 0) is 59.7 Å². The van der Waals surface area contributed by atoms with Crippen LogP contribution in [-0.4, -0.2) is 41.2 Å². The van der Waals surface area contributed by atoms with Crippen molar-refractivity contribution >= 4 is 23.2 Å². The molecule has 0 saturated carbocycles. The fraction of sp³-hybridized carbons (Fsp3) is 0.333. The van der Waals surface area contributed by atoms with Crippen molar-refractivity contribution in [2.24, 2.45) is 0 Å². The first-order valence-corrected chi connectivity index (χ1v) is 11.4. The highest BCUT2D eigenvalue weighted by atomic mass is 32.1. The summed E-state index contributed by atoms with van der Waals surface area (Å²) in [7, 11) is 0. The first-order chi connectivity index (χ1) is 15.1. The third-order valence-electron chi connectivity index (χ3n) is 5.60. The van der Waals surface area contributed by atoms with Gasteiger partial charge in [0.05, 0.1) is 12.3 Å². The predicted molar refractivity (Wildman–Crippen MR) is 117 cm³/mol. The molecule has 0 N–H and O–H groups in total. The monoisotopic (exact) mass is 440 g/mol. The first kappa shape index (κ1) is 21.3. The van der Waals surface area contributed by atoms with Gasteiger partial charge in [0.1, 0.15) is 12.4 Å². The summed E-state index contributed by atoms with van der Waals surface area (Å²) in [4.78, 5) is 31.0. The third kappa shape index (κ3) is 4.56. The molecule has 0 spiro atoms. The van der Waals surface area contributed by atoms with Crippen molar-refractivity contribution in [2.45, 2.75) is 32.2 Å². The number of hydrogen-bond acceptors (Lipinski definition) is 4. The molecule has 1 aliphatic heterocycles. The Bertz CT molecular complexity index is 1030. The van der Waals surface area contributed by atoms with E-state index in [-0.39, 0.29) is 36.0 Å². The maximum Gasteiger partial charge on any atom is 0.290 e. The van der Waals surface area contributed by atoms with Crippen molar-refractivity contribution < 1.29 is 18.4 Å². The van der Waals surface area contributed by atoms with Gasteiger partial charge in [-0.25, -0.2) is 4.39 Å². The number of nitrogens with zero attached hydrogens (tertiary/aromatic N) is 2. The molecule has 2 aromatic heterocycles. The zero-order valence-corrected chi connectivity index (χ0v) is 18.2. The Morgan fingerprint density at radius 3 is 2.74 bits per heavy atom. The summed E-state index contributed by atoms with van der Waals surface area (Å²) in [6.45, 7) is 3.08. The van der Waals surface area contributed by atoms with Crippen molar-refractivity contribution in [1.82, 2.24) is 9.80 Å². The van der Waals surface area contributed by atoms with E-state index < -0.39 is 0 Å². The number of halogens is 1. The first-order valence-electron chi connectivity index (χ1n) is 10.5. The molecule has 5 nitrogen and oxygen atoms in total. The molecule has 0 radical (unpaired) electrons. The van der Waals surface area contributed by atoms with Crippen molar-refractivity contribution in [3.8, 4) is 0 Å². The summed E-state index contributed by atoms with van der Waals surface area (Å²) in [6.07, 6.45) is 3.95. The van der Waals surface area contributed by atoms with E-state index in [0.29, 0.717) is 13.1 Å². The van der Waals surface area contributed by atoms with E-state index in [1.807, 2.05) is 23.3 Å². The van der Waals surface area contributed by atoms with E-state index in [1.54, 1.807) is 40.5 Å². The van der Waals surface area contributed by atoms with Gasteiger partial charge in [0.15, 0.2) is 5.76 Å². The summed E-state index contributed by atoms with van der Waals surface area (Å²) >= 11 is 1.68. The zero-order chi connectivity index (χ0) is 21.8. The molecule has 7 heteroatoms. The third-order valence-corrected chi connectivity index (χ3v) is 6.60. The smallest absolute Gasteiger partial charge is 0.290 e. The SMILES string of the molecule is CCCCN(CC(=O)N1CCc2sccc2C1c1ccc(F)cc1)C(=O)c1ccco1. The van der Waals surface area contributed by atoms with Crippen molar-refractivity contribution in [3.05, 3.63) is 81.7 Å². The summed E-state index contributed by atoms with van der Waals surface area (Å²) in [5.74, 6) is -0.476. The summed E-state index contributed by atoms with van der Waals surface area (Å²) < 4.78 is 18.8. The van der Waals surface area contributed by atoms with E-state index in [1.165, 1.54) is 23.3 Å². The highest BCUT2D eigenvalue weighted by molar-refractivity contribution is 7.10. The Labute approximate surface area is 185 Å². The summed E-state index contributed by atoms with van der Waals surface area (Å²) in [6, 6.07) is 11.3. The van der Waals surface area contributed by atoms with Crippen LogP contribution in [0.15, 0.2) is 58.5 Å². The van der Waals surface area contributed by atoms with Crippen LogP contribution in [-0.2, 0) is 11.2 Å². The number of thiophene rings is 1. The van der Waals surface area contributed by atoms with E-state index in [4.69, 9.17) is 4.42 Å². The second-order valence-electron chi connectivity index (χ2n) is 7.65. The maximum atomic E-state index is 13.5. The number of amides is 2. The molecule has 1 atom stereocenters. The van der Waals surface area contributed by atoms with E-state index >= 15 is 0 Å². The van der Waals surface area contributed by atoms with E-state index in [0.717, 1.165) is 30.4 Å². The number of unbranched alkanes of at least 4 members (excludes halogenated alkanes) is 1. The molecule has 2 amide bonds. The Morgan fingerprint density at radius 1 is 1.23 bits per heavy atom. The van der Waals surface area contributed by atoms with Gasteiger partial charge in [-0.3, -0.25) is 9.59 Å². The molecule has 0 bridgehead atoms. The minimum atomic E-state index is -0.308. The van der Waals surface area contributed by atoms with Crippen molar-refractivity contribution in [3.63, 3.8) is 0 Å². The molecule has 162 valence electrons. The van der Waals surface area contributed by atoms with Gasteiger partial charge in [0.2, 0.25) is 5.91 Å². The number of carbonyl (C=O) groups excluding carboxylic acids is 2. The van der Waals surface area contributed by atoms with Crippen LogP contribution >= 0.6 is 11.3 Å². The molecule has 0 fully saturated rings. The van der Waals surface area contributed by atoms with Crippen LogP contribution < -0.4 is 0 Å². The van der Waals surface area contributed by atoms with E-state index in [2.05, 4.69) is 0 Å². The molecule has 3 heterocycles. The minimum Gasteiger partial charge on any atom is -0.459 e. The fourth-order valence-corrected chi connectivity index (χ4v) is 4.90. The lowest BCUT2D eigenvalue weighted by molar-refractivity contribution is -0.134. The van der Waals surface area contributed by atoms with Crippen LogP contribution in [0.25, 0.3) is 0 Å². The quantitative estimate of drug-likeness (QED) is 0.525. The maximum absolute atomic E-state index is 13.5. The van der Waals surface area contributed by atoms with Crippen molar-refractivity contribution in [1.29, 1.82) is 0 Å². The van der Waals surface area contributed by atoms with Gasteiger partial charge in [-0.1, -0.05) is 25.5 Å². The normalized spacial score (nSPS) is 15.5. The topological polar surface area (TPSA) is 53.8 Å². The average molecular weight is 441 g/mol. The predicted octanol–water partition coefficient (Wildman–Crippen LogP) is 4.90. The molecular formula is C24H25FN2O3S. The van der Waals surface area contributed by atoms with Crippen LogP contribution in [0.5, 0.6) is 0 Å². The molecule has 3 aromatic rings. The van der Waals surface area contributed by atoms with Crippen LogP contribution in [0.2, 0.25) is 0 Å². The molecule has 0 saturated heterocycles. The van der Waals surface area contributed by atoms with Crippen LogP contribution in [0.1, 0.15) is 52.4 Å². The van der Waals surface area contributed by atoms with Crippen LogP contribution in [0.3, 0.4) is 0 Å². The standard InChI is InChI=1S/C24H25FN2O3S/c1-2-3-12-26(24(29)20-5-4-14-30-20)16-22(28)27-13-10-21-19(11-15-31-21)23(27)17-6-8-18(25)9-7-17/h4-9,11,14-15,23H,2-3,10,12-13,16H2,1H3. The Kier molecular flexibility index (Phi) is 6.51. The molecular weight excluding hydrogens is 415 g/mol. The zero-order valence-electron chi connectivity index (χ0n) is 17.4. The summed E-state index contributed by atoms with van der Waals surface area (Å²) in [5, 5.41) is 2.03. The molecule has 1 aliphatic rings. The average Bonchev–Trinajstić information content (AvgIpc) is 3.48. The van der Waals surface area contributed by atoms with Gasteiger partial charge < -0.3 is 14.2 Å². The molecule has 31 heavy (non-hydrogen) atoms. The van der Waals surface area contributed by atoms with Crippen LogP contribution in [0.4, 0.5) is 4.39 Å². The van der Waals surface area contributed by atoms with Gasteiger partial charge in [-0.2, -0.15) is 0 Å².